The highest BCUT2D eigenvalue weighted by atomic mass is 16.5. The third-order valence-corrected chi connectivity index (χ3v) is 10.1. The second-order valence-electron chi connectivity index (χ2n) is 13.3. The lowest BCUT2D eigenvalue weighted by Gasteiger charge is -2.24. The van der Waals surface area contributed by atoms with Gasteiger partial charge in [0.1, 0.15) is 24.4 Å². The van der Waals surface area contributed by atoms with Crippen LogP contribution in [0.25, 0.3) is 0 Å². The first-order chi connectivity index (χ1) is 25.5. The lowest BCUT2D eigenvalue weighted by atomic mass is 9.85. The summed E-state index contributed by atoms with van der Waals surface area (Å²) in [5.74, 6) is 4.62. The van der Waals surface area contributed by atoms with Gasteiger partial charge in [0.2, 0.25) is 0 Å². The summed E-state index contributed by atoms with van der Waals surface area (Å²) in [7, 11) is 9.43. The third kappa shape index (κ3) is 8.38. The van der Waals surface area contributed by atoms with Crippen LogP contribution in [0.4, 0.5) is 0 Å². The van der Waals surface area contributed by atoms with E-state index in [1.165, 1.54) is 0 Å². The molecule has 11 heteroatoms. The van der Waals surface area contributed by atoms with Crippen LogP contribution in [0, 0.1) is 11.8 Å². The van der Waals surface area contributed by atoms with Gasteiger partial charge in [0.25, 0.3) is 0 Å². The summed E-state index contributed by atoms with van der Waals surface area (Å²) in [4.78, 5) is 0. The van der Waals surface area contributed by atoms with Gasteiger partial charge in [-0.05, 0) is 96.5 Å². The van der Waals surface area contributed by atoms with E-state index in [1.54, 1.807) is 92.9 Å². The molecule has 1 heterocycles. The van der Waals surface area contributed by atoms with Crippen molar-refractivity contribution in [3.8, 4) is 46.0 Å². The molecule has 8 atom stereocenters. The van der Waals surface area contributed by atoms with E-state index in [0.29, 0.717) is 57.1 Å². The van der Waals surface area contributed by atoms with Crippen molar-refractivity contribution >= 4 is 0 Å². The van der Waals surface area contributed by atoms with Crippen molar-refractivity contribution in [1.29, 1.82) is 0 Å². The molecule has 1 aliphatic rings. The van der Waals surface area contributed by atoms with E-state index in [9.17, 15) is 10.2 Å². The fourth-order valence-electron chi connectivity index (χ4n) is 6.78. The van der Waals surface area contributed by atoms with Crippen LogP contribution in [-0.2, 0) is 4.74 Å². The van der Waals surface area contributed by atoms with E-state index >= 15 is 0 Å². The van der Waals surface area contributed by atoms with Gasteiger partial charge >= 0.3 is 0 Å². The van der Waals surface area contributed by atoms with Crippen LogP contribution in [0.1, 0.15) is 74.4 Å². The zero-order valence-corrected chi connectivity index (χ0v) is 32.1. The van der Waals surface area contributed by atoms with Gasteiger partial charge in [-0.1, -0.05) is 38.1 Å². The molecular formula is C42H52O11. The Morgan fingerprint density at radius 2 is 0.774 bits per heavy atom. The molecule has 4 aromatic rings. The van der Waals surface area contributed by atoms with E-state index in [0.717, 1.165) is 11.1 Å². The highest BCUT2D eigenvalue weighted by Crippen LogP contribution is 2.51. The fourth-order valence-corrected chi connectivity index (χ4v) is 6.78. The van der Waals surface area contributed by atoms with Crippen molar-refractivity contribution < 1.29 is 52.8 Å². The van der Waals surface area contributed by atoms with E-state index < -0.39 is 24.4 Å². The van der Waals surface area contributed by atoms with Crippen LogP contribution in [0.2, 0.25) is 0 Å². The number of aliphatic hydroxyl groups excluding tert-OH is 2. The van der Waals surface area contributed by atoms with Crippen LogP contribution in [-0.4, -0.2) is 65.1 Å². The first-order valence-corrected chi connectivity index (χ1v) is 17.6. The van der Waals surface area contributed by atoms with Crippen molar-refractivity contribution in [3.63, 3.8) is 0 Å². The van der Waals surface area contributed by atoms with E-state index in [-0.39, 0.29) is 24.0 Å². The van der Waals surface area contributed by atoms with Crippen molar-refractivity contribution in [2.75, 3.05) is 42.7 Å². The van der Waals surface area contributed by atoms with Gasteiger partial charge in [0.15, 0.2) is 46.0 Å². The molecule has 1 fully saturated rings. The Kier molecular flexibility index (Phi) is 12.9. The summed E-state index contributed by atoms with van der Waals surface area (Å²) < 4.78 is 52.2. The molecule has 1 saturated heterocycles. The first-order valence-electron chi connectivity index (χ1n) is 17.6. The minimum Gasteiger partial charge on any atom is -0.493 e. The maximum absolute atomic E-state index is 11.1. The maximum Gasteiger partial charge on any atom is 0.161 e. The van der Waals surface area contributed by atoms with Gasteiger partial charge in [-0.25, -0.2) is 0 Å². The molecule has 53 heavy (non-hydrogen) atoms. The SMILES string of the molecule is COc1ccc([C@@H](O)[C@H](C)Oc2ccc([C@@H]3O[C@H](c4ccc(O[C@H](C)[C@H](O)c5ccc(OC)c(OC)c5)c(OC)c4)[C@H](C)[C@@H]3C)cc2OC)cc1OC. The minimum atomic E-state index is -0.932. The van der Waals surface area contributed by atoms with Crippen LogP contribution in [0.3, 0.4) is 0 Å². The molecule has 0 aromatic heterocycles. The van der Waals surface area contributed by atoms with Gasteiger partial charge in [-0.2, -0.15) is 0 Å². The third-order valence-electron chi connectivity index (χ3n) is 10.1. The average molecular weight is 733 g/mol. The standard InChI is InChI=1S/C42H52O11/c1-23-24(2)42(30-14-18-34(38(22-30)50-10)52-26(4)40(44)28-12-16-32(46-6)36(20-28)48-8)53-41(23)29-13-17-33(37(21-29)49-9)51-25(3)39(43)27-11-15-31(45-5)35(19-27)47-7/h11-26,39-44H,1-10H3/t23-,24+,25-,26+,39-,40-,41+,42-/m0/s1. The molecule has 286 valence electrons. The molecule has 2 N–H and O–H groups in total. The second kappa shape index (κ2) is 17.3. The van der Waals surface area contributed by atoms with Gasteiger partial charge in [-0.3, -0.25) is 0 Å². The molecular weight excluding hydrogens is 680 g/mol. The Labute approximate surface area is 312 Å². The maximum atomic E-state index is 11.1. The van der Waals surface area contributed by atoms with Crippen LogP contribution >= 0.6 is 0 Å². The molecule has 5 rings (SSSR count). The second-order valence-corrected chi connectivity index (χ2v) is 13.3. The number of hydrogen-bond acceptors (Lipinski definition) is 11. The molecule has 0 aliphatic carbocycles. The largest absolute Gasteiger partial charge is 0.493 e. The predicted octanol–water partition coefficient (Wildman–Crippen LogP) is 7.82. The number of hydrogen-bond donors (Lipinski definition) is 2. The van der Waals surface area contributed by atoms with Gasteiger partial charge in [-0.15, -0.1) is 0 Å². The monoisotopic (exact) mass is 732 g/mol. The van der Waals surface area contributed by atoms with Gasteiger partial charge in [0.05, 0.1) is 54.9 Å². The zero-order valence-electron chi connectivity index (χ0n) is 32.1. The Bertz CT molecular complexity index is 1700. The molecule has 11 nitrogen and oxygen atoms in total. The Morgan fingerprint density at radius 3 is 1.11 bits per heavy atom. The first kappa shape index (κ1) is 39.4. The molecule has 0 unspecified atom stereocenters. The Balaban J connectivity index is 1.29. The van der Waals surface area contributed by atoms with E-state index in [2.05, 4.69) is 13.8 Å². The Morgan fingerprint density at radius 1 is 0.453 bits per heavy atom. The number of rotatable bonds is 16. The molecule has 4 aromatic carbocycles. The van der Waals surface area contributed by atoms with E-state index in [1.807, 2.05) is 36.4 Å². The number of methoxy groups -OCH3 is 6. The van der Waals surface area contributed by atoms with Crippen molar-refractivity contribution in [2.45, 2.75) is 64.3 Å². The summed E-state index contributed by atoms with van der Waals surface area (Å²) >= 11 is 0. The Hall–Kier alpha value is -4.84. The smallest absolute Gasteiger partial charge is 0.161 e. The van der Waals surface area contributed by atoms with Crippen molar-refractivity contribution in [3.05, 3.63) is 95.1 Å². The quantitative estimate of drug-likeness (QED) is 0.117. The summed E-state index contributed by atoms with van der Waals surface area (Å²) in [6.07, 6.45) is -3.49. The van der Waals surface area contributed by atoms with Gasteiger partial charge < -0.3 is 52.8 Å². The minimum absolute atomic E-state index is 0.167. The molecule has 0 amide bonds. The van der Waals surface area contributed by atoms with Crippen LogP contribution < -0.4 is 37.9 Å². The normalized spacial score (nSPS) is 20.5. The molecule has 0 bridgehead atoms. The van der Waals surface area contributed by atoms with Crippen LogP contribution in [0.15, 0.2) is 72.8 Å². The zero-order chi connectivity index (χ0) is 38.4. The highest BCUT2D eigenvalue weighted by Gasteiger charge is 2.41. The van der Waals surface area contributed by atoms with Gasteiger partial charge in [0, 0.05) is 0 Å². The predicted molar refractivity (Wildman–Crippen MR) is 200 cm³/mol. The summed E-state index contributed by atoms with van der Waals surface area (Å²) in [6.45, 7) is 7.96. The lowest BCUT2D eigenvalue weighted by Crippen LogP contribution is -2.22. The topological polar surface area (TPSA) is 124 Å². The average Bonchev–Trinajstić information content (AvgIpc) is 3.49. The van der Waals surface area contributed by atoms with Crippen molar-refractivity contribution in [1.82, 2.24) is 0 Å². The summed E-state index contributed by atoms with van der Waals surface area (Å²) in [5, 5.41) is 22.2. The molecule has 0 saturated carbocycles. The summed E-state index contributed by atoms with van der Waals surface area (Å²) in [6, 6.07) is 22.1. The molecule has 1 aliphatic heterocycles. The lowest BCUT2D eigenvalue weighted by molar-refractivity contribution is 0.0281. The van der Waals surface area contributed by atoms with Crippen molar-refractivity contribution in [2.24, 2.45) is 11.8 Å². The number of benzene rings is 4. The van der Waals surface area contributed by atoms with Crippen LogP contribution in [0.5, 0.6) is 46.0 Å². The molecule has 0 radical (unpaired) electrons. The molecule has 0 spiro atoms. The van der Waals surface area contributed by atoms with E-state index in [4.69, 9.17) is 42.6 Å². The summed E-state index contributed by atoms with van der Waals surface area (Å²) in [5.41, 5.74) is 3.18. The number of aliphatic hydroxyl groups is 2. The highest BCUT2D eigenvalue weighted by molar-refractivity contribution is 5.48. The number of ether oxygens (including phenoxy) is 9. The fraction of sp³-hybridized carbons (Fsp3) is 0.429.